The van der Waals surface area contributed by atoms with Crippen molar-refractivity contribution >= 4 is 46.3 Å². The molecule has 0 unspecified atom stereocenters. The summed E-state index contributed by atoms with van der Waals surface area (Å²) in [5, 5.41) is 18.6. The maximum Gasteiger partial charge on any atom is 0.0991 e. The van der Waals surface area contributed by atoms with Crippen LogP contribution in [-0.4, -0.2) is 0 Å². The van der Waals surface area contributed by atoms with Crippen LogP contribution in [0.4, 0.5) is 34.1 Å². The van der Waals surface area contributed by atoms with Gasteiger partial charge in [0.1, 0.15) is 0 Å². The molecule has 236 valence electrons. The largest absolute Gasteiger partial charge is 0.311 e. The van der Waals surface area contributed by atoms with E-state index in [9.17, 15) is 10.5 Å². The summed E-state index contributed by atoms with van der Waals surface area (Å²) in [5.74, 6) is 0. The summed E-state index contributed by atoms with van der Waals surface area (Å²) in [7, 11) is 0. The molecule has 7 rings (SSSR count). The molecule has 0 bridgehead atoms. The van der Waals surface area contributed by atoms with E-state index < -0.39 is 0 Å². The van der Waals surface area contributed by atoms with Crippen LogP contribution in [0, 0.1) is 22.7 Å². The van der Waals surface area contributed by atoms with Crippen LogP contribution < -0.4 is 9.80 Å². The first-order valence-electron chi connectivity index (χ1n) is 16.4. The number of hydrogen-bond acceptors (Lipinski definition) is 4. The van der Waals surface area contributed by atoms with Crippen molar-refractivity contribution in [3.8, 4) is 23.3 Å². The van der Waals surface area contributed by atoms with E-state index in [4.69, 9.17) is 0 Å². The van der Waals surface area contributed by atoms with Crippen LogP contribution >= 0.6 is 0 Å². The van der Waals surface area contributed by atoms with Gasteiger partial charge in [0, 0.05) is 34.1 Å². The quantitative estimate of drug-likeness (QED) is 0.147. The van der Waals surface area contributed by atoms with Crippen LogP contribution in [0.15, 0.2) is 182 Å². The predicted octanol–water partition coefficient (Wildman–Crippen LogP) is 12.2. The van der Waals surface area contributed by atoms with E-state index in [0.29, 0.717) is 11.1 Å². The minimum atomic E-state index is 0.606. The minimum absolute atomic E-state index is 0.606. The van der Waals surface area contributed by atoms with Gasteiger partial charge in [-0.05, 0) is 119 Å². The second-order valence-corrected chi connectivity index (χ2v) is 11.8. The van der Waals surface area contributed by atoms with Crippen molar-refractivity contribution in [2.45, 2.75) is 0 Å². The van der Waals surface area contributed by atoms with E-state index in [1.165, 1.54) is 0 Å². The first-order valence-corrected chi connectivity index (χ1v) is 16.4. The monoisotopic (exact) mass is 640 g/mol. The molecule has 0 N–H and O–H groups in total. The van der Waals surface area contributed by atoms with Crippen molar-refractivity contribution in [2.24, 2.45) is 0 Å². The number of nitriles is 2. The zero-order valence-corrected chi connectivity index (χ0v) is 27.3. The van der Waals surface area contributed by atoms with Crippen molar-refractivity contribution in [1.82, 2.24) is 0 Å². The molecule has 4 nitrogen and oxygen atoms in total. The lowest BCUT2D eigenvalue weighted by Crippen LogP contribution is -2.09. The average Bonchev–Trinajstić information content (AvgIpc) is 3.20. The second-order valence-electron chi connectivity index (χ2n) is 11.8. The van der Waals surface area contributed by atoms with Crippen LogP contribution in [0.1, 0.15) is 22.3 Å². The molecule has 0 saturated heterocycles. The Hall–Kier alpha value is -7.14. The van der Waals surface area contributed by atoms with Crippen LogP contribution in [0.25, 0.3) is 23.3 Å². The number of anilines is 6. The zero-order valence-electron chi connectivity index (χ0n) is 27.3. The summed E-state index contributed by atoms with van der Waals surface area (Å²) in [6, 6.07) is 65.9. The van der Waals surface area contributed by atoms with Crippen molar-refractivity contribution in [1.29, 1.82) is 10.5 Å². The lowest BCUT2D eigenvalue weighted by molar-refractivity contribution is 1.28. The van der Waals surface area contributed by atoms with Crippen LogP contribution in [-0.2, 0) is 0 Å². The standard InChI is InChI=1S/C46H32N4/c47-33-37-17-27-44(28-18-37)50(45-29-19-38(34-48)20-30-45)46-31-23-40(24-32-46)39-21-13-35(14-22-39)11-12-36-15-25-43(26-16-36)49(41-7-3-1-4-8-41)42-9-5-2-6-10-42/h1-32H/b12-11+. The predicted molar refractivity (Wildman–Crippen MR) is 206 cm³/mol. The highest BCUT2D eigenvalue weighted by Crippen LogP contribution is 2.37. The Balaban J connectivity index is 1.07. The molecule has 0 aromatic heterocycles. The highest BCUT2D eigenvalue weighted by molar-refractivity contribution is 5.80. The third-order valence-electron chi connectivity index (χ3n) is 8.53. The molecule has 0 heterocycles. The van der Waals surface area contributed by atoms with E-state index >= 15 is 0 Å². The summed E-state index contributed by atoms with van der Waals surface area (Å²) in [6.45, 7) is 0. The maximum atomic E-state index is 9.29. The van der Waals surface area contributed by atoms with Crippen LogP contribution in [0.2, 0.25) is 0 Å². The molecule has 0 aliphatic heterocycles. The SMILES string of the molecule is N#Cc1ccc(N(c2ccc(C#N)cc2)c2ccc(-c3ccc(/C=C/c4ccc(N(c5ccccc5)c5ccccc5)cc4)cc3)cc2)cc1. The molecule has 50 heavy (non-hydrogen) atoms. The fourth-order valence-corrected chi connectivity index (χ4v) is 5.94. The molecule has 0 saturated carbocycles. The number of benzene rings is 7. The summed E-state index contributed by atoms with van der Waals surface area (Å²) >= 11 is 0. The normalized spacial score (nSPS) is 10.7. The molecule has 0 atom stereocenters. The Bertz CT molecular complexity index is 2180. The third kappa shape index (κ3) is 7.06. The van der Waals surface area contributed by atoms with Crippen molar-refractivity contribution in [3.05, 3.63) is 204 Å². The van der Waals surface area contributed by atoms with Crippen LogP contribution in [0.5, 0.6) is 0 Å². The van der Waals surface area contributed by atoms with E-state index in [-0.39, 0.29) is 0 Å². The Labute approximate surface area is 293 Å². The summed E-state index contributed by atoms with van der Waals surface area (Å²) in [6.07, 6.45) is 4.28. The molecule has 0 fully saturated rings. The Morgan fingerprint density at radius 3 is 0.960 bits per heavy atom. The summed E-state index contributed by atoms with van der Waals surface area (Å²) in [4.78, 5) is 4.38. The molecule has 7 aromatic rings. The van der Waals surface area contributed by atoms with Gasteiger partial charge in [-0.2, -0.15) is 10.5 Å². The third-order valence-corrected chi connectivity index (χ3v) is 8.53. The highest BCUT2D eigenvalue weighted by atomic mass is 15.1. The zero-order chi connectivity index (χ0) is 34.1. The summed E-state index contributed by atoms with van der Waals surface area (Å²) < 4.78 is 0. The highest BCUT2D eigenvalue weighted by Gasteiger charge is 2.14. The Morgan fingerprint density at radius 2 is 0.600 bits per heavy atom. The van der Waals surface area contributed by atoms with E-state index in [1.807, 2.05) is 60.7 Å². The number of para-hydroxylation sites is 2. The molecular formula is C46H32N4. The van der Waals surface area contributed by atoms with Gasteiger partial charge < -0.3 is 9.80 Å². The second kappa shape index (κ2) is 14.7. The lowest BCUT2D eigenvalue weighted by Gasteiger charge is -2.25. The average molecular weight is 641 g/mol. The van der Waals surface area contributed by atoms with Crippen molar-refractivity contribution in [3.63, 3.8) is 0 Å². The van der Waals surface area contributed by atoms with Gasteiger partial charge in [0.15, 0.2) is 0 Å². The van der Waals surface area contributed by atoms with E-state index in [0.717, 1.165) is 56.4 Å². The van der Waals surface area contributed by atoms with Gasteiger partial charge in [-0.3, -0.25) is 0 Å². The van der Waals surface area contributed by atoms with E-state index in [1.54, 1.807) is 0 Å². The molecule has 0 spiro atoms. The Morgan fingerprint density at radius 1 is 0.320 bits per heavy atom. The fraction of sp³-hybridized carbons (Fsp3) is 0. The molecule has 0 radical (unpaired) electrons. The van der Waals surface area contributed by atoms with Gasteiger partial charge in [0.25, 0.3) is 0 Å². The Kier molecular flexibility index (Phi) is 9.27. The molecule has 0 aliphatic carbocycles. The van der Waals surface area contributed by atoms with Crippen molar-refractivity contribution in [2.75, 3.05) is 9.80 Å². The van der Waals surface area contributed by atoms with Gasteiger partial charge in [-0.25, -0.2) is 0 Å². The fourth-order valence-electron chi connectivity index (χ4n) is 5.94. The smallest absolute Gasteiger partial charge is 0.0991 e. The van der Waals surface area contributed by atoms with E-state index in [2.05, 4.69) is 155 Å². The molecule has 7 aromatic carbocycles. The summed E-state index contributed by atoms with van der Waals surface area (Å²) in [5.41, 5.74) is 11.9. The molecule has 0 amide bonds. The minimum Gasteiger partial charge on any atom is -0.311 e. The molecule has 0 aliphatic rings. The van der Waals surface area contributed by atoms with Gasteiger partial charge >= 0.3 is 0 Å². The lowest BCUT2D eigenvalue weighted by atomic mass is 10.0. The number of nitrogens with zero attached hydrogens (tertiary/aromatic N) is 4. The van der Waals surface area contributed by atoms with Gasteiger partial charge in [-0.1, -0.05) is 97.1 Å². The van der Waals surface area contributed by atoms with Gasteiger partial charge in [0.05, 0.1) is 23.3 Å². The molecular weight excluding hydrogens is 609 g/mol. The molecule has 4 heteroatoms. The van der Waals surface area contributed by atoms with Crippen molar-refractivity contribution < 1.29 is 0 Å². The number of rotatable bonds is 9. The topological polar surface area (TPSA) is 54.1 Å². The first kappa shape index (κ1) is 31.5. The van der Waals surface area contributed by atoms with Crippen LogP contribution in [0.3, 0.4) is 0 Å². The maximum absolute atomic E-state index is 9.29. The van der Waals surface area contributed by atoms with Gasteiger partial charge in [-0.15, -0.1) is 0 Å². The van der Waals surface area contributed by atoms with Gasteiger partial charge in [0.2, 0.25) is 0 Å². The first-order chi connectivity index (χ1) is 24.7. The number of hydrogen-bond donors (Lipinski definition) is 0.